The molecule has 0 radical (unpaired) electrons. The minimum atomic E-state index is -4.00. The quantitative estimate of drug-likeness (QED) is 0.236. The van der Waals surface area contributed by atoms with Crippen molar-refractivity contribution in [1.29, 1.82) is 0 Å². The van der Waals surface area contributed by atoms with E-state index in [2.05, 4.69) is 9.97 Å². The van der Waals surface area contributed by atoms with E-state index in [1.54, 1.807) is 18.2 Å². The summed E-state index contributed by atoms with van der Waals surface area (Å²) in [5, 5.41) is -0.845. The Bertz CT molecular complexity index is 1290. The number of ether oxygens (including phenoxy) is 1. The molecule has 0 fully saturated rings. The van der Waals surface area contributed by atoms with E-state index >= 15 is 0 Å². The van der Waals surface area contributed by atoms with E-state index < -0.39 is 38.3 Å². The molecule has 10 heteroatoms. The summed E-state index contributed by atoms with van der Waals surface area (Å²) in [6.07, 6.45) is 0.977. The lowest BCUT2D eigenvalue weighted by Gasteiger charge is -2.10. The first-order valence-corrected chi connectivity index (χ1v) is 10.9. The third kappa shape index (κ3) is 5.31. The number of rotatable bonds is 6. The van der Waals surface area contributed by atoms with Crippen molar-refractivity contribution in [2.75, 3.05) is 0 Å². The van der Waals surface area contributed by atoms with Crippen LogP contribution in [0.4, 0.5) is 4.39 Å². The van der Waals surface area contributed by atoms with Crippen molar-refractivity contribution < 1.29 is 27.1 Å². The van der Waals surface area contributed by atoms with E-state index in [0.29, 0.717) is 5.56 Å². The Morgan fingerprint density at radius 1 is 1.16 bits per heavy atom. The minimum absolute atomic E-state index is 0.161. The van der Waals surface area contributed by atoms with E-state index in [1.807, 2.05) is 13.0 Å². The van der Waals surface area contributed by atoms with E-state index in [-0.39, 0.29) is 22.1 Å². The van der Waals surface area contributed by atoms with Crippen LogP contribution in [-0.2, 0) is 15.6 Å². The molecule has 31 heavy (non-hydrogen) atoms. The molecule has 3 aromatic rings. The Morgan fingerprint density at radius 2 is 1.90 bits per heavy atom. The number of benzene rings is 2. The van der Waals surface area contributed by atoms with E-state index in [9.17, 15) is 22.4 Å². The summed E-state index contributed by atoms with van der Waals surface area (Å²) >= 11 is 5.97. The topological polar surface area (TPSA) is 103 Å². The van der Waals surface area contributed by atoms with Crippen LogP contribution in [0.15, 0.2) is 53.8 Å². The lowest BCUT2D eigenvalue weighted by Crippen LogP contribution is -2.17. The molecule has 0 aliphatic rings. The molecule has 0 saturated carbocycles. The molecule has 7 nitrogen and oxygen atoms in total. The zero-order chi connectivity index (χ0) is 22.8. The van der Waals surface area contributed by atoms with Gasteiger partial charge in [0.2, 0.25) is 15.0 Å². The van der Waals surface area contributed by atoms with Crippen LogP contribution in [0.2, 0.25) is 5.02 Å². The highest BCUT2D eigenvalue weighted by molar-refractivity contribution is 7.90. The summed E-state index contributed by atoms with van der Waals surface area (Å²) in [4.78, 5) is 31.8. The van der Waals surface area contributed by atoms with Crippen LogP contribution in [0.3, 0.4) is 0 Å². The maximum Gasteiger partial charge on any atom is 0.364 e. The average molecular weight is 463 g/mol. The summed E-state index contributed by atoms with van der Waals surface area (Å²) in [5.74, 6) is -2.92. The van der Waals surface area contributed by atoms with Crippen molar-refractivity contribution in [3.8, 4) is 5.75 Å². The molecule has 0 aliphatic carbocycles. The second-order valence-electron chi connectivity index (χ2n) is 6.68. The molecular formula is C21H16ClFN2O5S. The van der Waals surface area contributed by atoms with Gasteiger partial charge in [-0.2, -0.15) is 0 Å². The molecule has 0 unspecified atom stereocenters. The fourth-order valence-electron chi connectivity index (χ4n) is 2.74. The Balaban J connectivity index is 1.92. The van der Waals surface area contributed by atoms with E-state index in [1.165, 1.54) is 6.92 Å². The standard InChI is InChI=1S/C21H16ClFN2O5S/c1-12-4-3-5-14(8-12)11-31(28,29)21-24-10-17(22)19(25-21)20(27)30-18-7-6-15(23)9-16(18)13(2)26/h3-10H,11H2,1-2H3. The first kappa shape index (κ1) is 22.5. The Labute approximate surface area is 182 Å². The monoisotopic (exact) mass is 462 g/mol. The fraction of sp³-hybridized carbons (Fsp3) is 0.143. The fourth-order valence-corrected chi connectivity index (χ4v) is 4.10. The largest absolute Gasteiger partial charge is 0.421 e. The van der Waals surface area contributed by atoms with Crippen LogP contribution >= 0.6 is 11.6 Å². The molecule has 1 heterocycles. The zero-order valence-electron chi connectivity index (χ0n) is 16.4. The number of halogens is 2. The van der Waals surface area contributed by atoms with Crippen molar-refractivity contribution in [1.82, 2.24) is 9.97 Å². The predicted molar refractivity (Wildman–Crippen MR) is 110 cm³/mol. The second-order valence-corrected chi connectivity index (χ2v) is 8.97. The van der Waals surface area contributed by atoms with Gasteiger partial charge in [-0.3, -0.25) is 4.79 Å². The maximum atomic E-state index is 13.4. The van der Waals surface area contributed by atoms with Crippen LogP contribution in [-0.4, -0.2) is 30.1 Å². The lowest BCUT2D eigenvalue weighted by atomic mass is 10.1. The lowest BCUT2D eigenvalue weighted by molar-refractivity contribution is 0.0725. The number of hydrogen-bond donors (Lipinski definition) is 0. The first-order chi connectivity index (χ1) is 14.6. The SMILES string of the molecule is CC(=O)c1cc(F)ccc1OC(=O)c1nc(S(=O)(=O)Cc2cccc(C)c2)ncc1Cl. The van der Waals surface area contributed by atoms with Gasteiger partial charge in [-0.15, -0.1) is 0 Å². The van der Waals surface area contributed by atoms with Crippen molar-refractivity contribution in [2.45, 2.75) is 24.8 Å². The summed E-state index contributed by atoms with van der Waals surface area (Å²) in [7, 11) is -4.00. The number of nitrogens with zero attached hydrogens (tertiary/aromatic N) is 2. The summed E-state index contributed by atoms with van der Waals surface area (Å²) < 4.78 is 44.0. The third-order valence-corrected chi connectivity index (χ3v) is 5.90. The van der Waals surface area contributed by atoms with Gasteiger partial charge in [0.1, 0.15) is 11.6 Å². The molecule has 2 aromatic carbocycles. The molecule has 0 atom stereocenters. The number of ketones is 1. The Hall–Kier alpha value is -3.17. The third-order valence-electron chi connectivity index (χ3n) is 4.16. The van der Waals surface area contributed by atoms with Crippen molar-refractivity contribution in [2.24, 2.45) is 0 Å². The predicted octanol–water partition coefficient (Wildman–Crippen LogP) is 3.97. The molecule has 0 aliphatic heterocycles. The number of hydrogen-bond acceptors (Lipinski definition) is 7. The van der Waals surface area contributed by atoms with Gasteiger partial charge in [-0.25, -0.2) is 27.6 Å². The molecule has 0 bridgehead atoms. The summed E-state index contributed by atoms with van der Waals surface area (Å²) in [6, 6.07) is 9.94. The molecule has 0 amide bonds. The molecule has 3 rings (SSSR count). The number of carbonyl (C=O) groups excluding carboxylic acids is 2. The Kier molecular flexibility index (Phi) is 6.47. The van der Waals surface area contributed by atoms with Gasteiger partial charge >= 0.3 is 5.97 Å². The molecular weight excluding hydrogens is 447 g/mol. The van der Waals surface area contributed by atoms with Crippen molar-refractivity contribution in [3.63, 3.8) is 0 Å². The molecule has 1 aromatic heterocycles. The number of aryl methyl sites for hydroxylation is 1. The molecule has 0 saturated heterocycles. The molecule has 0 spiro atoms. The number of esters is 1. The summed E-state index contributed by atoms with van der Waals surface area (Å²) in [6.45, 7) is 3.01. The van der Waals surface area contributed by atoms with Gasteiger partial charge in [0.15, 0.2) is 11.5 Å². The van der Waals surface area contributed by atoms with Gasteiger partial charge in [0, 0.05) is 0 Å². The van der Waals surface area contributed by atoms with Crippen molar-refractivity contribution >= 4 is 33.2 Å². The normalized spacial score (nSPS) is 11.2. The number of sulfone groups is 1. The van der Waals surface area contributed by atoms with Gasteiger partial charge < -0.3 is 4.74 Å². The maximum absolute atomic E-state index is 13.4. The minimum Gasteiger partial charge on any atom is -0.421 e. The first-order valence-electron chi connectivity index (χ1n) is 8.90. The number of Topliss-reactive ketones (excluding diaryl/α,β-unsaturated/α-hetero) is 1. The summed E-state index contributed by atoms with van der Waals surface area (Å²) in [5.41, 5.74) is 0.749. The van der Waals surface area contributed by atoms with Crippen molar-refractivity contribution in [3.05, 3.63) is 81.9 Å². The molecule has 160 valence electrons. The molecule has 0 N–H and O–H groups in total. The highest BCUT2D eigenvalue weighted by atomic mass is 35.5. The highest BCUT2D eigenvalue weighted by Gasteiger charge is 2.25. The zero-order valence-corrected chi connectivity index (χ0v) is 18.0. The van der Waals surface area contributed by atoms with Crippen LogP contribution in [0.5, 0.6) is 5.75 Å². The Morgan fingerprint density at radius 3 is 2.58 bits per heavy atom. The number of carbonyl (C=O) groups is 2. The van der Waals surface area contributed by atoms with Crippen LogP contribution < -0.4 is 4.74 Å². The van der Waals surface area contributed by atoms with Gasteiger partial charge in [-0.05, 0) is 37.6 Å². The van der Waals surface area contributed by atoms with Crippen LogP contribution in [0, 0.1) is 12.7 Å². The van der Waals surface area contributed by atoms with Gasteiger partial charge in [-0.1, -0.05) is 41.4 Å². The van der Waals surface area contributed by atoms with Crippen LogP contribution in [0.1, 0.15) is 38.9 Å². The number of aromatic nitrogens is 2. The van der Waals surface area contributed by atoms with Crippen LogP contribution in [0.25, 0.3) is 0 Å². The smallest absolute Gasteiger partial charge is 0.364 e. The van der Waals surface area contributed by atoms with E-state index in [0.717, 1.165) is 30.0 Å². The van der Waals surface area contributed by atoms with Gasteiger partial charge in [0.05, 0.1) is 22.5 Å². The average Bonchev–Trinajstić information content (AvgIpc) is 2.69. The highest BCUT2D eigenvalue weighted by Crippen LogP contribution is 2.24. The van der Waals surface area contributed by atoms with Gasteiger partial charge in [0.25, 0.3) is 0 Å². The van der Waals surface area contributed by atoms with E-state index in [4.69, 9.17) is 16.3 Å². The second kappa shape index (κ2) is 8.91.